The third-order valence-corrected chi connectivity index (χ3v) is 5.01. The van der Waals surface area contributed by atoms with Crippen molar-refractivity contribution >= 4 is 23.7 Å². The van der Waals surface area contributed by atoms with Crippen LogP contribution in [0.1, 0.15) is 25.3 Å². The first kappa shape index (κ1) is 20.7. The summed E-state index contributed by atoms with van der Waals surface area (Å²) in [4.78, 5) is 23.8. The van der Waals surface area contributed by atoms with Gasteiger partial charge in [0.05, 0.1) is 18.6 Å². The summed E-state index contributed by atoms with van der Waals surface area (Å²) in [6, 6.07) is 13.0. The van der Waals surface area contributed by atoms with Crippen molar-refractivity contribution in [2.75, 3.05) is 12.3 Å². The van der Waals surface area contributed by atoms with E-state index in [1.165, 1.54) is 11.8 Å². The van der Waals surface area contributed by atoms with Crippen molar-refractivity contribution in [3.8, 4) is 11.6 Å². The molecule has 2 N–H and O–H groups in total. The van der Waals surface area contributed by atoms with Crippen LogP contribution in [0, 0.1) is 0 Å². The number of thioether (sulfide) groups is 1. The van der Waals surface area contributed by atoms with Crippen molar-refractivity contribution in [2.45, 2.75) is 31.5 Å². The summed E-state index contributed by atoms with van der Waals surface area (Å²) in [7, 11) is 0. The molecule has 8 nitrogen and oxygen atoms in total. The van der Waals surface area contributed by atoms with Gasteiger partial charge in [0.2, 0.25) is 11.7 Å². The highest BCUT2D eigenvalue weighted by Gasteiger charge is 2.18. The molecular formula is C20H23N5O3S. The number of carbonyl (C=O) groups excluding carboxylic acids is 2. The number of aromatic nitrogens is 3. The lowest BCUT2D eigenvalue weighted by molar-refractivity contribution is -0.117. The normalized spacial score (nSPS) is 10.7. The monoisotopic (exact) mass is 413 g/mol. The predicted octanol–water partition coefficient (Wildman–Crippen LogP) is 3.30. The van der Waals surface area contributed by atoms with E-state index in [9.17, 15) is 9.59 Å². The Hall–Kier alpha value is -3.07. The fourth-order valence-electron chi connectivity index (χ4n) is 2.61. The van der Waals surface area contributed by atoms with E-state index in [2.05, 4.69) is 20.8 Å². The first-order valence-corrected chi connectivity index (χ1v) is 10.4. The summed E-state index contributed by atoms with van der Waals surface area (Å²) >= 11 is 1.22. The quantitative estimate of drug-likeness (QED) is 0.412. The average molecular weight is 414 g/mol. The molecule has 0 unspecified atom stereocenters. The van der Waals surface area contributed by atoms with Crippen LogP contribution in [0.2, 0.25) is 0 Å². The van der Waals surface area contributed by atoms with Gasteiger partial charge in [-0.05, 0) is 24.1 Å². The van der Waals surface area contributed by atoms with E-state index in [-0.39, 0.29) is 5.75 Å². The number of unbranched alkanes of at least 4 members (excludes halogenated alkanes) is 1. The number of benzene rings is 1. The SMILES string of the molecule is CCCCNC(=O)NC(=O)CSc1nnc(-c2ccco2)n1Cc1ccccc1. The predicted molar refractivity (Wildman–Crippen MR) is 110 cm³/mol. The number of nitrogens with zero attached hydrogens (tertiary/aromatic N) is 3. The van der Waals surface area contributed by atoms with Gasteiger partial charge in [0, 0.05) is 6.54 Å². The Balaban J connectivity index is 1.67. The molecule has 0 bridgehead atoms. The Morgan fingerprint density at radius 3 is 2.69 bits per heavy atom. The van der Waals surface area contributed by atoms with Gasteiger partial charge in [0.15, 0.2) is 10.9 Å². The number of hydrogen-bond donors (Lipinski definition) is 2. The number of carbonyl (C=O) groups is 2. The van der Waals surface area contributed by atoms with Crippen LogP contribution < -0.4 is 10.6 Å². The Labute approximate surface area is 173 Å². The highest BCUT2D eigenvalue weighted by molar-refractivity contribution is 7.99. The summed E-state index contributed by atoms with van der Waals surface area (Å²) in [5, 5.41) is 14.0. The molecule has 29 heavy (non-hydrogen) atoms. The van der Waals surface area contributed by atoms with Crippen LogP contribution in [-0.4, -0.2) is 39.0 Å². The van der Waals surface area contributed by atoms with Crippen LogP contribution >= 0.6 is 11.8 Å². The Bertz CT molecular complexity index is 925. The molecule has 0 spiro atoms. The largest absolute Gasteiger partial charge is 0.461 e. The lowest BCUT2D eigenvalue weighted by Gasteiger charge is -2.09. The Morgan fingerprint density at radius 2 is 1.97 bits per heavy atom. The number of urea groups is 1. The van der Waals surface area contributed by atoms with Crippen molar-refractivity contribution < 1.29 is 14.0 Å². The zero-order valence-corrected chi connectivity index (χ0v) is 16.9. The van der Waals surface area contributed by atoms with Gasteiger partial charge in [0.25, 0.3) is 0 Å². The molecular weight excluding hydrogens is 390 g/mol. The summed E-state index contributed by atoms with van der Waals surface area (Å²) in [5.41, 5.74) is 1.07. The van der Waals surface area contributed by atoms with Gasteiger partial charge >= 0.3 is 6.03 Å². The minimum Gasteiger partial charge on any atom is -0.461 e. The maximum absolute atomic E-state index is 12.1. The highest BCUT2D eigenvalue weighted by atomic mass is 32.2. The zero-order valence-electron chi connectivity index (χ0n) is 16.1. The lowest BCUT2D eigenvalue weighted by atomic mass is 10.2. The molecule has 0 aliphatic carbocycles. The molecule has 0 saturated heterocycles. The van der Waals surface area contributed by atoms with Gasteiger partial charge in [-0.2, -0.15) is 0 Å². The van der Waals surface area contributed by atoms with E-state index in [1.54, 1.807) is 12.3 Å². The minimum atomic E-state index is -0.480. The maximum Gasteiger partial charge on any atom is 0.321 e. The molecule has 3 amide bonds. The molecule has 0 aliphatic heterocycles. The number of nitrogens with one attached hydrogen (secondary N) is 2. The van der Waals surface area contributed by atoms with E-state index in [0.717, 1.165) is 18.4 Å². The number of furan rings is 1. The molecule has 0 fully saturated rings. The molecule has 1 aromatic carbocycles. The molecule has 3 rings (SSSR count). The van der Waals surface area contributed by atoms with Crippen LogP contribution in [0.5, 0.6) is 0 Å². The molecule has 152 valence electrons. The zero-order chi connectivity index (χ0) is 20.5. The topological polar surface area (TPSA) is 102 Å². The molecule has 9 heteroatoms. The van der Waals surface area contributed by atoms with Gasteiger partial charge in [-0.25, -0.2) is 4.79 Å². The second kappa shape index (κ2) is 10.5. The molecule has 2 aromatic heterocycles. The van der Waals surface area contributed by atoms with Crippen LogP contribution in [0.15, 0.2) is 58.3 Å². The summed E-state index contributed by atoms with van der Waals surface area (Å²) in [6.07, 6.45) is 3.42. The number of rotatable bonds is 9. The number of hydrogen-bond acceptors (Lipinski definition) is 6. The van der Waals surface area contributed by atoms with Gasteiger partial charge in [0.1, 0.15) is 0 Å². The smallest absolute Gasteiger partial charge is 0.321 e. The van der Waals surface area contributed by atoms with Gasteiger partial charge in [-0.15, -0.1) is 10.2 Å². The lowest BCUT2D eigenvalue weighted by Crippen LogP contribution is -2.40. The molecule has 2 heterocycles. The van der Waals surface area contributed by atoms with Crippen LogP contribution in [0.4, 0.5) is 4.79 Å². The van der Waals surface area contributed by atoms with Crippen LogP contribution in [-0.2, 0) is 11.3 Å². The van der Waals surface area contributed by atoms with Crippen molar-refractivity contribution in [3.05, 3.63) is 54.3 Å². The first-order valence-electron chi connectivity index (χ1n) is 9.39. The van der Waals surface area contributed by atoms with E-state index in [0.29, 0.717) is 29.8 Å². The summed E-state index contributed by atoms with van der Waals surface area (Å²) in [6.45, 7) is 3.11. The molecule has 0 aliphatic rings. The van der Waals surface area contributed by atoms with Crippen LogP contribution in [0.25, 0.3) is 11.6 Å². The maximum atomic E-state index is 12.1. The molecule has 0 radical (unpaired) electrons. The number of amides is 3. The fourth-order valence-corrected chi connectivity index (χ4v) is 3.35. The third-order valence-electron chi connectivity index (χ3n) is 4.04. The average Bonchev–Trinajstić information content (AvgIpc) is 3.37. The summed E-state index contributed by atoms with van der Waals surface area (Å²) in [5.74, 6) is 0.837. The molecule has 3 aromatic rings. The van der Waals surface area contributed by atoms with Crippen molar-refractivity contribution in [1.29, 1.82) is 0 Å². The third kappa shape index (κ3) is 5.95. The second-order valence-electron chi connectivity index (χ2n) is 6.30. The van der Waals surface area contributed by atoms with E-state index >= 15 is 0 Å². The van der Waals surface area contributed by atoms with Crippen molar-refractivity contribution in [3.63, 3.8) is 0 Å². The second-order valence-corrected chi connectivity index (χ2v) is 7.24. The molecule has 0 saturated carbocycles. The number of imide groups is 1. The van der Waals surface area contributed by atoms with E-state index < -0.39 is 11.9 Å². The van der Waals surface area contributed by atoms with Gasteiger partial charge in [-0.3, -0.25) is 14.7 Å². The van der Waals surface area contributed by atoms with Crippen molar-refractivity contribution in [1.82, 2.24) is 25.4 Å². The van der Waals surface area contributed by atoms with E-state index in [1.807, 2.05) is 47.9 Å². The van der Waals surface area contributed by atoms with Gasteiger partial charge in [-0.1, -0.05) is 55.4 Å². The Kier molecular flexibility index (Phi) is 7.46. The van der Waals surface area contributed by atoms with Gasteiger partial charge < -0.3 is 9.73 Å². The molecule has 0 atom stereocenters. The minimum absolute atomic E-state index is 0.0479. The fraction of sp³-hybridized carbons (Fsp3) is 0.300. The van der Waals surface area contributed by atoms with Crippen molar-refractivity contribution in [2.24, 2.45) is 0 Å². The van der Waals surface area contributed by atoms with Crippen LogP contribution in [0.3, 0.4) is 0 Å². The summed E-state index contributed by atoms with van der Waals surface area (Å²) < 4.78 is 7.37. The van der Waals surface area contributed by atoms with E-state index in [4.69, 9.17) is 4.42 Å². The Morgan fingerprint density at radius 1 is 1.14 bits per heavy atom. The highest BCUT2D eigenvalue weighted by Crippen LogP contribution is 2.25. The first-order chi connectivity index (χ1) is 14.2. The standard InChI is InChI=1S/C20H23N5O3S/c1-2-3-11-21-19(27)22-17(26)14-29-20-24-23-18(16-10-7-12-28-16)25(20)13-15-8-5-4-6-9-15/h4-10,12H,2-3,11,13-14H2,1H3,(H2,21,22,26,27).